The minimum atomic E-state index is -0.00716. The van der Waals surface area contributed by atoms with Gasteiger partial charge in [0.1, 0.15) is 0 Å². The average Bonchev–Trinajstić information content (AvgIpc) is 2.39. The highest BCUT2D eigenvalue weighted by Gasteiger charge is 2.21. The maximum Gasteiger partial charge on any atom is 0.252 e. The molecular weight excluding hydrogens is 326 g/mol. The van der Waals surface area contributed by atoms with Gasteiger partial charge in [0.25, 0.3) is 5.91 Å². The zero-order valence-electron chi connectivity index (χ0n) is 11.1. The Kier molecular flexibility index (Phi) is 5.28. The third-order valence-corrected chi connectivity index (χ3v) is 4.72. The first kappa shape index (κ1) is 14.9. The highest BCUT2D eigenvalue weighted by atomic mass is 79.9. The summed E-state index contributed by atoms with van der Waals surface area (Å²) in [4.78, 5) is 12.2. The van der Waals surface area contributed by atoms with Gasteiger partial charge in [0.2, 0.25) is 0 Å². The predicted molar refractivity (Wildman–Crippen MR) is 82.8 cm³/mol. The summed E-state index contributed by atoms with van der Waals surface area (Å²) in [6, 6.07) is 5.81. The van der Waals surface area contributed by atoms with E-state index in [1.807, 2.05) is 25.1 Å². The van der Waals surface area contributed by atoms with Crippen molar-refractivity contribution in [3.8, 4) is 0 Å². The minimum Gasteiger partial charge on any atom is -0.352 e. The summed E-state index contributed by atoms with van der Waals surface area (Å²) in [7, 11) is 0. The van der Waals surface area contributed by atoms with E-state index < -0.39 is 0 Å². The minimum absolute atomic E-state index is 0.00716. The van der Waals surface area contributed by atoms with Crippen LogP contribution >= 0.6 is 27.5 Å². The van der Waals surface area contributed by atoms with E-state index >= 15 is 0 Å². The molecule has 2 nitrogen and oxygen atoms in total. The number of hydrogen-bond acceptors (Lipinski definition) is 1. The van der Waals surface area contributed by atoms with Crippen molar-refractivity contribution in [3.05, 3.63) is 33.8 Å². The Morgan fingerprint density at radius 1 is 1.47 bits per heavy atom. The van der Waals surface area contributed by atoms with E-state index in [-0.39, 0.29) is 11.3 Å². The number of alkyl halides is 1. The summed E-state index contributed by atoms with van der Waals surface area (Å²) in [5.74, 6) is 0.510. The zero-order chi connectivity index (χ0) is 13.8. The molecule has 0 radical (unpaired) electrons. The van der Waals surface area contributed by atoms with Gasteiger partial charge in [0.05, 0.1) is 5.56 Å². The third-order valence-electron chi connectivity index (χ3n) is 3.64. The monoisotopic (exact) mass is 343 g/mol. The fourth-order valence-electron chi connectivity index (χ4n) is 2.56. The molecule has 1 aromatic carbocycles. The topological polar surface area (TPSA) is 29.1 Å². The van der Waals surface area contributed by atoms with E-state index in [1.54, 1.807) is 0 Å². The van der Waals surface area contributed by atoms with Gasteiger partial charge in [-0.25, -0.2) is 0 Å². The van der Waals surface area contributed by atoms with Crippen molar-refractivity contribution >= 4 is 33.4 Å². The SMILES string of the molecule is Cc1ccc(Br)c(C(=O)NCC2CCCC(Cl)C2)c1. The van der Waals surface area contributed by atoms with Gasteiger partial charge in [-0.2, -0.15) is 0 Å². The normalized spacial score (nSPS) is 23.1. The molecular formula is C15H19BrClNO. The Hall–Kier alpha value is -0.540. The lowest BCUT2D eigenvalue weighted by atomic mass is 9.89. The first-order valence-corrected chi connectivity index (χ1v) is 7.97. The van der Waals surface area contributed by atoms with Gasteiger partial charge in [-0.15, -0.1) is 11.6 Å². The smallest absolute Gasteiger partial charge is 0.252 e. The Bertz CT molecular complexity index is 463. The summed E-state index contributed by atoms with van der Waals surface area (Å²) in [6.45, 7) is 2.71. The molecule has 0 aromatic heterocycles. The Labute approximate surface area is 128 Å². The fraction of sp³-hybridized carbons (Fsp3) is 0.533. The molecule has 0 spiro atoms. The second-order valence-corrected chi connectivity index (χ2v) is 6.79. The molecule has 1 aromatic rings. The third kappa shape index (κ3) is 4.22. The number of nitrogens with one attached hydrogen (secondary N) is 1. The number of aryl methyl sites for hydroxylation is 1. The van der Waals surface area contributed by atoms with Gasteiger partial charge in [0, 0.05) is 16.4 Å². The molecule has 1 saturated carbocycles. The van der Waals surface area contributed by atoms with Crippen LogP contribution in [0.5, 0.6) is 0 Å². The van der Waals surface area contributed by atoms with Gasteiger partial charge in [-0.1, -0.05) is 18.1 Å². The highest BCUT2D eigenvalue weighted by Crippen LogP contribution is 2.27. The van der Waals surface area contributed by atoms with E-state index in [9.17, 15) is 4.79 Å². The molecule has 0 saturated heterocycles. The summed E-state index contributed by atoms with van der Waals surface area (Å²) < 4.78 is 0.842. The van der Waals surface area contributed by atoms with E-state index in [0.717, 1.165) is 29.4 Å². The molecule has 0 heterocycles. The van der Waals surface area contributed by atoms with Crippen molar-refractivity contribution in [2.24, 2.45) is 5.92 Å². The first-order chi connectivity index (χ1) is 9.06. The summed E-state index contributed by atoms with van der Waals surface area (Å²) >= 11 is 9.59. The number of hydrogen-bond donors (Lipinski definition) is 1. The number of halogens is 2. The summed E-state index contributed by atoms with van der Waals surface area (Å²) in [5, 5.41) is 3.31. The van der Waals surface area contributed by atoms with Crippen LogP contribution in [-0.2, 0) is 0 Å². The Balaban J connectivity index is 1.92. The summed E-state index contributed by atoms with van der Waals surface area (Å²) in [5.41, 5.74) is 1.80. The fourth-order valence-corrected chi connectivity index (χ4v) is 3.39. The molecule has 1 aliphatic rings. The lowest BCUT2D eigenvalue weighted by molar-refractivity contribution is 0.0943. The van der Waals surface area contributed by atoms with Crippen molar-refractivity contribution in [2.75, 3.05) is 6.54 Å². The standard InChI is InChI=1S/C15H19BrClNO/c1-10-5-6-14(16)13(7-10)15(19)18-9-11-3-2-4-12(17)8-11/h5-7,11-12H,2-4,8-9H2,1H3,(H,18,19). The van der Waals surface area contributed by atoms with Crippen LogP contribution in [0.25, 0.3) is 0 Å². The summed E-state index contributed by atoms with van der Waals surface area (Å²) in [6.07, 6.45) is 4.45. The van der Waals surface area contributed by atoms with Gasteiger partial charge in [-0.3, -0.25) is 4.79 Å². The van der Waals surface area contributed by atoms with Gasteiger partial charge >= 0.3 is 0 Å². The van der Waals surface area contributed by atoms with Crippen LogP contribution in [0.1, 0.15) is 41.6 Å². The molecule has 1 aliphatic carbocycles. The van der Waals surface area contributed by atoms with Gasteiger partial charge in [0.15, 0.2) is 0 Å². The number of carbonyl (C=O) groups excluding carboxylic acids is 1. The van der Waals surface area contributed by atoms with E-state index in [1.165, 1.54) is 12.8 Å². The van der Waals surface area contributed by atoms with Crippen molar-refractivity contribution in [2.45, 2.75) is 38.0 Å². The van der Waals surface area contributed by atoms with Crippen LogP contribution in [0, 0.1) is 12.8 Å². The molecule has 1 fully saturated rings. The van der Waals surface area contributed by atoms with Crippen molar-refractivity contribution in [3.63, 3.8) is 0 Å². The predicted octanol–water partition coefficient (Wildman–Crippen LogP) is 4.28. The van der Waals surface area contributed by atoms with Crippen LogP contribution in [0.4, 0.5) is 0 Å². The van der Waals surface area contributed by atoms with E-state index in [2.05, 4.69) is 21.2 Å². The Morgan fingerprint density at radius 3 is 3.00 bits per heavy atom. The van der Waals surface area contributed by atoms with Crippen LogP contribution < -0.4 is 5.32 Å². The van der Waals surface area contributed by atoms with Gasteiger partial charge in [-0.05, 0) is 60.2 Å². The lowest BCUT2D eigenvalue weighted by Crippen LogP contribution is -2.32. The molecule has 1 amide bonds. The molecule has 2 atom stereocenters. The average molecular weight is 345 g/mol. The first-order valence-electron chi connectivity index (χ1n) is 6.74. The molecule has 1 N–H and O–H groups in total. The zero-order valence-corrected chi connectivity index (χ0v) is 13.4. The number of carbonyl (C=O) groups is 1. The van der Waals surface area contributed by atoms with Crippen LogP contribution in [0.15, 0.2) is 22.7 Å². The number of amides is 1. The highest BCUT2D eigenvalue weighted by molar-refractivity contribution is 9.10. The maximum atomic E-state index is 12.2. The van der Waals surface area contributed by atoms with Gasteiger partial charge < -0.3 is 5.32 Å². The molecule has 19 heavy (non-hydrogen) atoms. The Morgan fingerprint density at radius 2 is 2.26 bits per heavy atom. The second kappa shape index (κ2) is 6.76. The number of rotatable bonds is 3. The van der Waals surface area contributed by atoms with Crippen LogP contribution in [-0.4, -0.2) is 17.8 Å². The second-order valence-electron chi connectivity index (χ2n) is 5.32. The van der Waals surface area contributed by atoms with Crippen molar-refractivity contribution in [1.82, 2.24) is 5.32 Å². The van der Waals surface area contributed by atoms with Crippen LogP contribution in [0.2, 0.25) is 0 Å². The van der Waals surface area contributed by atoms with E-state index in [0.29, 0.717) is 11.5 Å². The molecule has 0 aliphatic heterocycles. The quantitative estimate of drug-likeness (QED) is 0.815. The lowest BCUT2D eigenvalue weighted by Gasteiger charge is -2.25. The molecule has 0 bridgehead atoms. The van der Waals surface area contributed by atoms with Crippen molar-refractivity contribution < 1.29 is 4.79 Å². The maximum absolute atomic E-state index is 12.2. The largest absolute Gasteiger partial charge is 0.352 e. The van der Waals surface area contributed by atoms with Crippen molar-refractivity contribution in [1.29, 1.82) is 0 Å². The molecule has 2 unspecified atom stereocenters. The molecule has 104 valence electrons. The molecule has 4 heteroatoms. The number of benzene rings is 1. The van der Waals surface area contributed by atoms with E-state index in [4.69, 9.17) is 11.6 Å². The van der Waals surface area contributed by atoms with Crippen LogP contribution in [0.3, 0.4) is 0 Å². The molecule has 2 rings (SSSR count).